The average molecular weight is 241 g/mol. The predicted octanol–water partition coefficient (Wildman–Crippen LogP) is 2.99. The van der Waals surface area contributed by atoms with E-state index in [1.807, 2.05) is 0 Å². The van der Waals surface area contributed by atoms with Crippen LogP contribution in [-0.4, -0.2) is 16.1 Å². The van der Waals surface area contributed by atoms with Crippen LogP contribution in [0.25, 0.3) is 5.69 Å². The lowest BCUT2D eigenvalue weighted by molar-refractivity contribution is 0.111. The number of carbonyl (C=O) groups excluding carboxylic acids is 1. The molecule has 76 valence electrons. The van der Waals surface area contributed by atoms with Crippen molar-refractivity contribution in [3.05, 3.63) is 46.2 Å². The van der Waals surface area contributed by atoms with Crippen molar-refractivity contribution in [1.29, 1.82) is 0 Å². The normalized spacial score (nSPS) is 10.3. The van der Waals surface area contributed by atoms with E-state index in [0.717, 1.165) is 5.69 Å². The number of rotatable bonds is 2. The van der Waals surface area contributed by atoms with Gasteiger partial charge in [-0.2, -0.15) is 5.10 Å². The fourth-order valence-corrected chi connectivity index (χ4v) is 1.46. The van der Waals surface area contributed by atoms with Crippen molar-refractivity contribution in [2.45, 2.75) is 0 Å². The highest BCUT2D eigenvalue weighted by Gasteiger charge is 2.03. The second-order valence-electron chi connectivity index (χ2n) is 2.90. The average Bonchev–Trinajstić information content (AvgIpc) is 2.70. The van der Waals surface area contributed by atoms with Crippen LogP contribution in [0.5, 0.6) is 0 Å². The molecule has 0 saturated heterocycles. The fourth-order valence-electron chi connectivity index (χ4n) is 1.17. The first kappa shape index (κ1) is 10.2. The molecule has 2 rings (SSSR count). The summed E-state index contributed by atoms with van der Waals surface area (Å²) in [6.07, 6.45) is 2.37. The van der Waals surface area contributed by atoms with Crippen molar-refractivity contribution >= 4 is 29.5 Å². The molecule has 5 heteroatoms. The van der Waals surface area contributed by atoms with Crippen LogP contribution >= 0.6 is 23.2 Å². The van der Waals surface area contributed by atoms with E-state index in [4.69, 9.17) is 23.2 Å². The molecular weight excluding hydrogens is 235 g/mol. The Morgan fingerprint density at radius 3 is 2.60 bits per heavy atom. The van der Waals surface area contributed by atoms with Gasteiger partial charge in [-0.1, -0.05) is 23.2 Å². The molecule has 3 nitrogen and oxygen atoms in total. The highest BCUT2D eigenvalue weighted by molar-refractivity contribution is 6.42. The molecule has 1 aromatic heterocycles. The molecule has 0 radical (unpaired) electrons. The Morgan fingerprint density at radius 1 is 1.20 bits per heavy atom. The lowest BCUT2D eigenvalue weighted by Gasteiger charge is -2.02. The van der Waals surface area contributed by atoms with Crippen LogP contribution in [0.4, 0.5) is 0 Å². The summed E-state index contributed by atoms with van der Waals surface area (Å²) in [6, 6.07) is 6.76. The van der Waals surface area contributed by atoms with Crippen molar-refractivity contribution in [2.24, 2.45) is 0 Å². The summed E-state index contributed by atoms with van der Waals surface area (Å²) in [5.41, 5.74) is 1.14. The summed E-state index contributed by atoms with van der Waals surface area (Å²) >= 11 is 11.6. The summed E-state index contributed by atoms with van der Waals surface area (Å²) in [5.74, 6) is 0. The van der Waals surface area contributed by atoms with Crippen molar-refractivity contribution < 1.29 is 4.79 Å². The molecule has 0 aliphatic rings. The molecule has 1 heterocycles. The second kappa shape index (κ2) is 4.04. The Bertz CT molecular complexity index is 508. The molecule has 0 fully saturated rings. The van der Waals surface area contributed by atoms with Gasteiger partial charge in [0.2, 0.25) is 0 Å². The number of carbonyl (C=O) groups is 1. The first-order valence-electron chi connectivity index (χ1n) is 4.17. The van der Waals surface area contributed by atoms with Gasteiger partial charge in [0, 0.05) is 6.20 Å². The standard InChI is InChI=1S/C10H6Cl2N2O/c11-9-2-1-8(5-10(9)12)14-4-3-7(6-15)13-14/h1-6H. The first-order chi connectivity index (χ1) is 7.20. The third kappa shape index (κ3) is 2.03. The third-order valence-electron chi connectivity index (χ3n) is 1.90. The summed E-state index contributed by atoms with van der Waals surface area (Å²) < 4.78 is 1.56. The third-order valence-corrected chi connectivity index (χ3v) is 2.64. The number of halogens is 2. The minimum absolute atomic E-state index is 0.376. The van der Waals surface area contributed by atoms with Gasteiger partial charge in [0.15, 0.2) is 6.29 Å². The lowest BCUT2D eigenvalue weighted by atomic mass is 10.3. The maximum atomic E-state index is 10.4. The monoisotopic (exact) mass is 240 g/mol. The number of hydrogen-bond donors (Lipinski definition) is 0. The molecule has 0 atom stereocenters. The van der Waals surface area contributed by atoms with Crippen LogP contribution in [0.1, 0.15) is 10.5 Å². The van der Waals surface area contributed by atoms with Gasteiger partial charge in [-0.15, -0.1) is 0 Å². The largest absolute Gasteiger partial charge is 0.296 e. The molecule has 1 aromatic carbocycles. The molecule has 0 spiro atoms. The Hall–Kier alpha value is -1.32. The van der Waals surface area contributed by atoms with Crippen LogP contribution in [0.3, 0.4) is 0 Å². The number of aldehydes is 1. The van der Waals surface area contributed by atoms with Gasteiger partial charge in [0.05, 0.1) is 15.7 Å². The molecule has 2 aromatic rings. The number of hydrogen-bond acceptors (Lipinski definition) is 2. The van der Waals surface area contributed by atoms with E-state index in [0.29, 0.717) is 22.0 Å². The van der Waals surface area contributed by atoms with Crippen molar-refractivity contribution in [2.75, 3.05) is 0 Å². The van der Waals surface area contributed by atoms with Gasteiger partial charge in [-0.05, 0) is 24.3 Å². The smallest absolute Gasteiger partial charge is 0.170 e. The summed E-state index contributed by atoms with van der Waals surface area (Å²) in [4.78, 5) is 10.4. The second-order valence-corrected chi connectivity index (χ2v) is 3.72. The van der Waals surface area contributed by atoms with Gasteiger partial charge in [-0.25, -0.2) is 4.68 Å². The zero-order valence-electron chi connectivity index (χ0n) is 7.52. The molecule has 0 aliphatic carbocycles. The summed E-state index contributed by atoms with van der Waals surface area (Å²) in [5, 5.41) is 4.96. The van der Waals surface area contributed by atoms with Gasteiger partial charge < -0.3 is 0 Å². The Labute approximate surface area is 96.2 Å². The van der Waals surface area contributed by atoms with Crippen LogP contribution in [0.2, 0.25) is 10.0 Å². The minimum atomic E-state index is 0.376. The van der Waals surface area contributed by atoms with Crippen LogP contribution in [-0.2, 0) is 0 Å². The minimum Gasteiger partial charge on any atom is -0.296 e. The van der Waals surface area contributed by atoms with E-state index >= 15 is 0 Å². The van der Waals surface area contributed by atoms with Gasteiger partial charge in [0.25, 0.3) is 0 Å². The van der Waals surface area contributed by atoms with Gasteiger partial charge >= 0.3 is 0 Å². The highest BCUT2D eigenvalue weighted by Crippen LogP contribution is 2.24. The summed E-state index contributed by atoms with van der Waals surface area (Å²) in [7, 11) is 0. The van der Waals surface area contributed by atoms with Gasteiger partial charge in [0.1, 0.15) is 5.69 Å². The quantitative estimate of drug-likeness (QED) is 0.757. The Kier molecular flexibility index (Phi) is 2.75. The molecule has 0 saturated carbocycles. The van der Waals surface area contributed by atoms with Crippen molar-refractivity contribution in [3.63, 3.8) is 0 Å². The van der Waals surface area contributed by atoms with Gasteiger partial charge in [-0.3, -0.25) is 4.79 Å². The topological polar surface area (TPSA) is 34.9 Å². The maximum absolute atomic E-state index is 10.4. The van der Waals surface area contributed by atoms with E-state index in [1.54, 1.807) is 35.1 Å². The molecule has 0 bridgehead atoms. The van der Waals surface area contributed by atoms with Crippen molar-refractivity contribution in [3.8, 4) is 5.69 Å². The van der Waals surface area contributed by atoms with Crippen LogP contribution in [0.15, 0.2) is 30.5 Å². The highest BCUT2D eigenvalue weighted by atomic mass is 35.5. The van der Waals surface area contributed by atoms with Crippen LogP contribution < -0.4 is 0 Å². The first-order valence-corrected chi connectivity index (χ1v) is 4.92. The molecule has 0 amide bonds. The zero-order chi connectivity index (χ0) is 10.8. The lowest BCUT2D eigenvalue weighted by Crippen LogP contribution is -1.95. The molecule has 15 heavy (non-hydrogen) atoms. The molecule has 0 unspecified atom stereocenters. The van der Waals surface area contributed by atoms with E-state index in [-0.39, 0.29) is 0 Å². The molecular formula is C10H6Cl2N2O. The van der Waals surface area contributed by atoms with Crippen molar-refractivity contribution in [1.82, 2.24) is 9.78 Å². The molecule has 0 N–H and O–H groups in total. The number of aromatic nitrogens is 2. The molecule has 0 aliphatic heterocycles. The van der Waals surface area contributed by atoms with E-state index in [1.165, 1.54) is 0 Å². The predicted molar refractivity (Wildman–Crippen MR) is 59.0 cm³/mol. The fraction of sp³-hybridized carbons (Fsp3) is 0. The van der Waals surface area contributed by atoms with Crippen LogP contribution in [0, 0.1) is 0 Å². The van der Waals surface area contributed by atoms with E-state index in [2.05, 4.69) is 5.10 Å². The number of benzene rings is 1. The van der Waals surface area contributed by atoms with E-state index < -0.39 is 0 Å². The van der Waals surface area contributed by atoms with E-state index in [9.17, 15) is 4.79 Å². The number of nitrogens with zero attached hydrogens (tertiary/aromatic N) is 2. The SMILES string of the molecule is O=Cc1ccn(-c2ccc(Cl)c(Cl)c2)n1. The summed E-state index contributed by atoms with van der Waals surface area (Å²) in [6.45, 7) is 0. The Morgan fingerprint density at radius 2 is 2.00 bits per heavy atom. The Balaban J connectivity index is 2.44. The zero-order valence-corrected chi connectivity index (χ0v) is 9.03. The maximum Gasteiger partial charge on any atom is 0.170 e.